The number of hydrogen-bond acceptors (Lipinski definition) is 2. The van der Waals surface area contributed by atoms with Crippen molar-refractivity contribution in [1.29, 1.82) is 0 Å². The highest BCUT2D eigenvalue weighted by atomic mass is 35.5. The molecule has 0 unspecified atom stereocenters. The van der Waals surface area contributed by atoms with E-state index in [4.69, 9.17) is 29.6 Å². The zero-order valence-corrected chi connectivity index (χ0v) is 12.8. The molecule has 2 aromatic carbocycles. The highest BCUT2D eigenvalue weighted by Gasteiger charge is 2.20. The Labute approximate surface area is 133 Å². The highest BCUT2D eigenvalue weighted by Crippen LogP contribution is 2.31. The molecule has 0 radical (unpaired) electrons. The summed E-state index contributed by atoms with van der Waals surface area (Å²) in [4.78, 5) is 2.47. The average molecular weight is 321 g/mol. The Balaban J connectivity index is 1.86. The van der Waals surface area contributed by atoms with Gasteiger partial charge in [-0.15, -0.1) is 0 Å². The maximum absolute atomic E-state index is 13.4. The first-order chi connectivity index (χ1) is 10.0. The molecule has 0 saturated carbocycles. The second-order valence-corrected chi connectivity index (χ2v) is 5.96. The lowest BCUT2D eigenvalue weighted by atomic mass is 10.1. The van der Waals surface area contributed by atoms with Crippen molar-refractivity contribution in [3.05, 3.63) is 63.9 Å². The fourth-order valence-corrected chi connectivity index (χ4v) is 2.98. The van der Waals surface area contributed by atoms with Crippen LogP contribution in [0.3, 0.4) is 0 Å². The number of hydrogen-bond donors (Lipinski definition) is 1. The summed E-state index contributed by atoms with van der Waals surface area (Å²) in [5.74, 6) is -0.212. The Kier molecular flexibility index (Phi) is 3.83. The molecule has 0 amide bonds. The van der Waals surface area contributed by atoms with Gasteiger partial charge in [-0.3, -0.25) is 0 Å². The van der Waals surface area contributed by atoms with Gasteiger partial charge in [0.15, 0.2) is 0 Å². The van der Waals surface area contributed by atoms with E-state index in [1.54, 1.807) is 12.1 Å². The van der Waals surface area contributed by atoms with Crippen LogP contribution in [0.25, 0.3) is 0 Å². The monoisotopic (exact) mass is 320 g/mol. The summed E-state index contributed by atoms with van der Waals surface area (Å²) in [6, 6.07) is 10.5. The lowest BCUT2D eigenvalue weighted by Crippen LogP contribution is -2.20. The third-order valence-corrected chi connectivity index (χ3v) is 4.33. The van der Waals surface area contributed by atoms with Crippen molar-refractivity contribution >= 4 is 34.5 Å². The molecular formula is C16H14ClFN2S. The van der Waals surface area contributed by atoms with Crippen LogP contribution in [0.5, 0.6) is 0 Å². The van der Waals surface area contributed by atoms with Gasteiger partial charge in [0.25, 0.3) is 0 Å². The van der Waals surface area contributed by atoms with E-state index >= 15 is 0 Å². The molecule has 0 aliphatic carbocycles. The fraction of sp³-hybridized carbons (Fsp3) is 0.188. The molecule has 21 heavy (non-hydrogen) atoms. The first kappa shape index (κ1) is 14.3. The van der Waals surface area contributed by atoms with E-state index in [0.717, 1.165) is 29.8 Å². The lowest BCUT2D eigenvalue weighted by Gasteiger charge is -2.20. The largest absolute Gasteiger partial charge is 0.389 e. The summed E-state index contributed by atoms with van der Waals surface area (Å²) in [7, 11) is 0. The minimum Gasteiger partial charge on any atom is -0.389 e. The molecule has 5 heteroatoms. The van der Waals surface area contributed by atoms with E-state index in [1.807, 2.05) is 18.2 Å². The van der Waals surface area contributed by atoms with Crippen LogP contribution in [0.4, 0.5) is 10.1 Å². The predicted molar refractivity (Wildman–Crippen MR) is 88.5 cm³/mol. The van der Waals surface area contributed by atoms with E-state index in [2.05, 4.69) is 4.90 Å². The third kappa shape index (κ3) is 2.87. The number of fused-ring (bicyclic) bond motifs is 1. The van der Waals surface area contributed by atoms with Gasteiger partial charge in [0.2, 0.25) is 0 Å². The van der Waals surface area contributed by atoms with Crippen molar-refractivity contribution < 1.29 is 4.39 Å². The van der Waals surface area contributed by atoms with Gasteiger partial charge in [0.1, 0.15) is 10.8 Å². The molecule has 2 nitrogen and oxygen atoms in total. The smallest absolute Gasteiger partial charge is 0.125 e. The van der Waals surface area contributed by atoms with Gasteiger partial charge in [-0.05, 0) is 35.7 Å². The number of benzene rings is 2. The molecule has 108 valence electrons. The number of nitrogens with two attached hydrogens (primary N) is 1. The first-order valence-corrected chi connectivity index (χ1v) is 7.45. The summed E-state index contributed by atoms with van der Waals surface area (Å²) in [5.41, 5.74) is 9.46. The highest BCUT2D eigenvalue weighted by molar-refractivity contribution is 7.80. The lowest BCUT2D eigenvalue weighted by molar-refractivity contribution is 0.627. The minimum atomic E-state index is -0.212. The topological polar surface area (TPSA) is 29.3 Å². The molecule has 0 fully saturated rings. The maximum atomic E-state index is 13.4. The molecule has 0 spiro atoms. The van der Waals surface area contributed by atoms with Crippen LogP contribution in [0.15, 0.2) is 36.4 Å². The maximum Gasteiger partial charge on any atom is 0.125 e. The third-order valence-electron chi connectivity index (χ3n) is 3.74. The number of thiocarbonyl (C=S) groups is 1. The Morgan fingerprint density at radius 2 is 2.10 bits per heavy atom. The zero-order valence-electron chi connectivity index (χ0n) is 11.3. The van der Waals surface area contributed by atoms with E-state index < -0.39 is 0 Å². The van der Waals surface area contributed by atoms with Gasteiger partial charge in [0.05, 0.1) is 0 Å². The Bertz CT molecular complexity index is 717. The first-order valence-electron chi connectivity index (χ1n) is 6.66. The molecular weight excluding hydrogens is 307 g/mol. The normalized spacial score (nSPS) is 13.3. The molecule has 0 bridgehead atoms. The van der Waals surface area contributed by atoms with Crippen molar-refractivity contribution in [3.8, 4) is 0 Å². The second-order valence-electron chi connectivity index (χ2n) is 5.12. The summed E-state index contributed by atoms with van der Waals surface area (Å²) in [6.45, 7) is 1.51. The van der Waals surface area contributed by atoms with Gasteiger partial charge in [0, 0.05) is 29.4 Å². The van der Waals surface area contributed by atoms with Crippen molar-refractivity contribution in [1.82, 2.24) is 0 Å². The molecule has 2 aromatic rings. The quantitative estimate of drug-likeness (QED) is 0.875. The molecule has 2 N–H and O–H groups in total. The van der Waals surface area contributed by atoms with Crippen molar-refractivity contribution in [2.45, 2.75) is 13.0 Å². The minimum absolute atomic E-state index is 0.212. The van der Waals surface area contributed by atoms with Gasteiger partial charge >= 0.3 is 0 Å². The van der Waals surface area contributed by atoms with Crippen LogP contribution in [0, 0.1) is 5.82 Å². The average Bonchev–Trinajstić information content (AvgIpc) is 2.83. The van der Waals surface area contributed by atoms with E-state index in [1.165, 1.54) is 11.6 Å². The number of nitrogens with zero attached hydrogens (tertiary/aromatic N) is 1. The molecule has 3 rings (SSSR count). The van der Waals surface area contributed by atoms with Crippen LogP contribution in [-0.4, -0.2) is 11.5 Å². The number of halogens is 2. The molecule has 0 atom stereocenters. The van der Waals surface area contributed by atoms with Gasteiger partial charge in [-0.25, -0.2) is 4.39 Å². The zero-order chi connectivity index (χ0) is 15.0. The summed E-state index contributed by atoms with van der Waals surface area (Å²) >= 11 is 11.2. The van der Waals surface area contributed by atoms with Crippen molar-refractivity contribution in [3.63, 3.8) is 0 Å². The summed E-state index contributed by atoms with van der Waals surface area (Å²) in [5, 5.41) is 0.630. The standard InChI is InChI=1S/C16H14ClFN2S/c17-14-7-11(16(19)21)1-2-12(14)9-20-6-5-10-3-4-13(18)8-15(10)20/h1-4,7-8H,5-6,9H2,(H2,19,21). The van der Waals surface area contributed by atoms with Crippen LogP contribution in [0.2, 0.25) is 5.02 Å². The summed E-state index contributed by atoms with van der Waals surface area (Å²) < 4.78 is 13.4. The van der Waals surface area contributed by atoms with E-state index in [9.17, 15) is 4.39 Å². The Hall–Kier alpha value is -1.65. The molecule has 1 aliphatic rings. The van der Waals surface area contributed by atoms with Crippen LogP contribution >= 0.6 is 23.8 Å². The second kappa shape index (κ2) is 5.62. The molecule has 1 heterocycles. The van der Waals surface area contributed by atoms with Gasteiger partial charge in [-0.1, -0.05) is 42.0 Å². The molecule has 1 aliphatic heterocycles. The van der Waals surface area contributed by atoms with Crippen molar-refractivity contribution in [2.75, 3.05) is 11.4 Å². The predicted octanol–water partition coefficient (Wildman–Crippen LogP) is 3.68. The van der Waals surface area contributed by atoms with Crippen molar-refractivity contribution in [2.24, 2.45) is 5.73 Å². The van der Waals surface area contributed by atoms with Gasteiger partial charge in [-0.2, -0.15) is 0 Å². The Morgan fingerprint density at radius 1 is 1.29 bits per heavy atom. The van der Waals surface area contributed by atoms with E-state index in [-0.39, 0.29) is 5.82 Å². The summed E-state index contributed by atoms with van der Waals surface area (Å²) in [6.07, 6.45) is 0.929. The number of anilines is 1. The van der Waals surface area contributed by atoms with Gasteiger partial charge < -0.3 is 10.6 Å². The Morgan fingerprint density at radius 3 is 2.81 bits per heavy atom. The molecule has 0 saturated heterocycles. The van der Waals surface area contributed by atoms with E-state index in [0.29, 0.717) is 16.6 Å². The van der Waals surface area contributed by atoms with Crippen LogP contribution < -0.4 is 10.6 Å². The fourth-order valence-electron chi connectivity index (χ4n) is 2.62. The van der Waals surface area contributed by atoms with Crippen LogP contribution in [0.1, 0.15) is 16.7 Å². The molecule has 0 aromatic heterocycles. The number of rotatable bonds is 3. The SMILES string of the molecule is NC(=S)c1ccc(CN2CCc3ccc(F)cc32)c(Cl)c1. The van der Waals surface area contributed by atoms with Crippen LogP contribution in [-0.2, 0) is 13.0 Å².